The van der Waals surface area contributed by atoms with Crippen LogP contribution < -0.4 is 15.5 Å². The number of amides is 1. The number of carbonyl (C=O) groups excluding carboxylic acids is 1. The average Bonchev–Trinajstić information content (AvgIpc) is 2.72. The van der Waals surface area contributed by atoms with E-state index < -0.39 is 0 Å². The van der Waals surface area contributed by atoms with Crippen LogP contribution in [-0.2, 0) is 6.54 Å². The van der Waals surface area contributed by atoms with Gasteiger partial charge in [-0.15, -0.1) is 0 Å². The smallest absolute Gasteiger partial charge is 0.251 e. The van der Waals surface area contributed by atoms with Gasteiger partial charge in [-0.2, -0.15) is 0 Å². The molecule has 138 valence electrons. The Morgan fingerprint density at radius 2 is 1.85 bits per heavy atom. The molecule has 1 heterocycles. The highest BCUT2D eigenvalue weighted by Gasteiger charge is 2.06. The van der Waals surface area contributed by atoms with Crippen molar-refractivity contribution in [3.63, 3.8) is 0 Å². The van der Waals surface area contributed by atoms with Crippen molar-refractivity contribution in [3.8, 4) is 11.3 Å². The van der Waals surface area contributed by atoms with Gasteiger partial charge >= 0.3 is 0 Å². The summed E-state index contributed by atoms with van der Waals surface area (Å²) in [6.45, 7) is 0.536. The van der Waals surface area contributed by atoms with Crippen LogP contribution in [0, 0.1) is 0 Å². The maximum atomic E-state index is 11.7. The third kappa shape index (κ3) is 4.61. The Bertz CT molecular complexity index is 922. The molecule has 0 aliphatic rings. The first-order chi connectivity index (χ1) is 13.1. The van der Waals surface area contributed by atoms with Crippen LogP contribution in [0.5, 0.6) is 0 Å². The molecule has 0 bridgehead atoms. The van der Waals surface area contributed by atoms with Crippen LogP contribution in [0.15, 0.2) is 60.8 Å². The van der Waals surface area contributed by atoms with E-state index in [1.807, 2.05) is 50.5 Å². The summed E-state index contributed by atoms with van der Waals surface area (Å²) in [5, 5.41) is 5.85. The van der Waals surface area contributed by atoms with Crippen molar-refractivity contribution in [2.75, 3.05) is 31.4 Å². The predicted octanol–water partition coefficient (Wildman–Crippen LogP) is 3.18. The van der Waals surface area contributed by atoms with E-state index >= 15 is 0 Å². The highest BCUT2D eigenvalue weighted by molar-refractivity contribution is 5.94. The Labute approximate surface area is 159 Å². The summed E-state index contributed by atoms with van der Waals surface area (Å²) in [7, 11) is 5.65. The molecule has 6 heteroatoms. The lowest BCUT2D eigenvalue weighted by Gasteiger charge is -2.12. The van der Waals surface area contributed by atoms with Crippen LogP contribution in [0.2, 0.25) is 0 Å². The fraction of sp³-hybridized carbons (Fsp3) is 0.190. The van der Waals surface area contributed by atoms with E-state index in [2.05, 4.69) is 37.6 Å². The Hall–Kier alpha value is -3.41. The number of nitrogens with one attached hydrogen (secondary N) is 2. The molecule has 0 unspecified atom stereocenters. The zero-order chi connectivity index (χ0) is 19.2. The van der Waals surface area contributed by atoms with Gasteiger partial charge in [0.25, 0.3) is 5.91 Å². The highest BCUT2D eigenvalue weighted by Crippen LogP contribution is 2.21. The van der Waals surface area contributed by atoms with Gasteiger partial charge in [0.05, 0.1) is 5.69 Å². The molecular weight excluding hydrogens is 338 g/mol. The monoisotopic (exact) mass is 361 g/mol. The molecule has 0 atom stereocenters. The molecule has 2 aromatic carbocycles. The quantitative estimate of drug-likeness (QED) is 0.706. The molecule has 27 heavy (non-hydrogen) atoms. The summed E-state index contributed by atoms with van der Waals surface area (Å²) in [5.74, 6) is 0.450. The zero-order valence-electron chi connectivity index (χ0n) is 15.7. The van der Waals surface area contributed by atoms with Gasteiger partial charge in [-0.3, -0.25) is 4.79 Å². The summed E-state index contributed by atoms with van der Waals surface area (Å²) < 4.78 is 0. The van der Waals surface area contributed by atoms with Gasteiger partial charge in [0.15, 0.2) is 0 Å². The van der Waals surface area contributed by atoms with Gasteiger partial charge in [0.2, 0.25) is 5.95 Å². The van der Waals surface area contributed by atoms with E-state index in [0.717, 1.165) is 22.5 Å². The largest absolute Gasteiger partial charge is 0.378 e. The third-order valence-corrected chi connectivity index (χ3v) is 4.20. The van der Waals surface area contributed by atoms with Crippen molar-refractivity contribution >= 4 is 17.5 Å². The van der Waals surface area contributed by atoms with Crippen LogP contribution >= 0.6 is 0 Å². The van der Waals surface area contributed by atoms with E-state index in [1.165, 1.54) is 0 Å². The molecule has 1 amide bonds. The van der Waals surface area contributed by atoms with Gasteiger partial charge in [0.1, 0.15) is 0 Å². The molecule has 0 radical (unpaired) electrons. The molecule has 3 rings (SSSR count). The molecule has 0 saturated heterocycles. The fourth-order valence-corrected chi connectivity index (χ4v) is 2.68. The van der Waals surface area contributed by atoms with Crippen LogP contribution in [0.1, 0.15) is 15.9 Å². The summed E-state index contributed by atoms with van der Waals surface area (Å²) in [5.41, 5.74) is 4.65. The van der Waals surface area contributed by atoms with E-state index in [4.69, 9.17) is 0 Å². The SMILES string of the molecule is CNC(=O)c1cccc(CNc2nccc(-c3ccc(N(C)C)cc3)n2)c1. The lowest BCUT2D eigenvalue weighted by Crippen LogP contribution is -2.18. The molecule has 0 fully saturated rings. The first-order valence-corrected chi connectivity index (χ1v) is 8.72. The minimum atomic E-state index is -0.101. The number of benzene rings is 2. The number of anilines is 2. The fourth-order valence-electron chi connectivity index (χ4n) is 2.68. The van der Waals surface area contributed by atoms with Crippen molar-refractivity contribution in [2.45, 2.75) is 6.54 Å². The minimum Gasteiger partial charge on any atom is -0.378 e. The van der Waals surface area contributed by atoms with Crippen molar-refractivity contribution in [2.24, 2.45) is 0 Å². The maximum absolute atomic E-state index is 11.7. The van der Waals surface area contributed by atoms with Gasteiger partial charge in [-0.05, 0) is 35.9 Å². The first-order valence-electron chi connectivity index (χ1n) is 8.72. The summed E-state index contributed by atoms with van der Waals surface area (Å²) in [6.07, 6.45) is 1.74. The molecule has 6 nitrogen and oxygen atoms in total. The standard InChI is InChI=1S/C21H23N5O/c1-22-20(27)17-6-4-5-15(13-17)14-24-21-23-12-11-19(25-21)16-7-9-18(10-8-16)26(2)3/h4-13H,14H2,1-3H3,(H,22,27)(H,23,24,25). The van der Waals surface area contributed by atoms with Crippen molar-refractivity contribution in [1.82, 2.24) is 15.3 Å². The third-order valence-electron chi connectivity index (χ3n) is 4.20. The number of carbonyl (C=O) groups is 1. The second kappa shape index (κ2) is 8.31. The number of rotatable bonds is 6. The van der Waals surface area contributed by atoms with Crippen LogP contribution in [0.3, 0.4) is 0 Å². The second-order valence-corrected chi connectivity index (χ2v) is 6.34. The van der Waals surface area contributed by atoms with E-state index in [-0.39, 0.29) is 5.91 Å². The lowest BCUT2D eigenvalue weighted by molar-refractivity contribution is 0.0963. The molecule has 0 aliphatic heterocycles. The van der Waals surface area contributed by atoms with Crippen molar-refractivity contribution in [1.29, 1.82) is 0 Å². The Morgan fingerprint density at radius 1 is 1.07 bits per heavy atom. The van der Waals surface area contributed by atoms with E-state index in [1.54, 1.807) is 19.3 Å². The molecule has 2 N–H and O–H groups in total. The van der Waals surface area contributed by atoms with Crippen LogP contribution in [0.4, 0.5) is 11.6 Å². The molecule has 0 saturated carbocycles. The predicted molar refractivity (Wildman–Crippen MR) is 109 cm³/mol. The average molecular weight is 361 g/mol. The summed E-state index contributed by atoms with van der Waals surface area (Å²) in [6, 6.07) is 17.6. The maximum Gasteiger partial charge on any atom is 0.251 e. The topological polar surface area (TPSA) is 70.2 Å². The van der Waals surface area contributed by atoms with Gasteiger partial charge in [0, 0.05) is 50.7 Å². The molecule has 3 aromatic rings. The Kier molecular flexibility index (Phi) is 5.66. The Morgan fingerprint density at radius 3 is 2.56 bits per heavy atom. The second-order valence-electron chi connectivity index (χ2n) is 6.34. The van der Waals surface area contributed by atoms with Gasteiger partial charge < -0.3 is 15.5 Å². The zero-order valence-corrected chi connectivity index (χ0v) is 15.7. The van der Waals surface area contributed by atoms with E-state index in [9.17, 15) is 4.79 Å². The number of hydrogen-bond donors (Lipinski definition) is 2. The van der Waals surface area contributed by atoms with Gasteiger partial charge in [-0.1, -0.05) is 24.3 Å². The number of hydrogen-bond acceptors (Lipinski definition) is 5. The number of aromatic nitrogens is 2. The molecule has 0 aliphatic carbocycles. The lowest BCUT2D eigenvalue weighted by atomic mass is 10.1. The molecular formula is C21H23N5O. The first kappa shape index (κ1) is 18.4. The summed E-state index contributed by atoms with van der Waals surface area (Å²) in [4.78, 5) is 22.7. The Balaban J connectivity index is 1.72. The van der Waals surface area contributed by atoms with Crippen LogP contribution in [-0.4, -0.2) is 37.0 Å². The van der Waals surface area contributed by atoms with Gasteiger partial charge in [-0.25, -0.2) is 9.97 Å². The van der Waals surface area contributed by atoms with Crippen molar-refractivity contribution < 1.29 is 4.79 Å². The van der Waals surface area contributed by atoms with Crippen LogP contribution in [0.25, 0.3) is 11.3 Å². The van der Waals surface area contributed by atoms with Crippen molar-refractivity contribution in [3.05, 3.63) is 71.9 Å². The highest BCUT2D eigenvalue weighted by atomic mass is 16.1. The molecule has 1 aromatic heterocycles. The van der Waals surface area contributed by atoms with E-state index in [0.29, 0.717) is 18.1 Å². The molecule has 0 spiro atoms. The number of nitrogens with zero attached hydrogens (tertiary/aromatic N) is 3. The summed E-state index contributed by atoms with van der Waals surface area (Å²) >= 11 is 0. The normalized spacial score (nSPS) is 10.3. The minimum absolute atomic E-state index is 0.101.